The molecular weight excluding hydrogens is 695 g/mol. The molecule has 2 unspecified atom stereocenters. The zero-order chi connectivity index (χ0) is 36.9. The van der Waals surface area contributed by atoms with Gasteiger partial charge in [-0.05, 0) is 70.8 Å². The van der Waals surface area contributed by atoms with Crippen LogP contribution in [0.3, 0.4) is 0 Å². The molecule has 276 valence electrons. The monoisotopic (exact) mass is 736 g/mol. The van der Waals surface area contributed by atoms with Gasteiger partial charge in [0.1, 0.15) is 42.3 Å². The Hall–Kier alpha value is -5.04. The third-order valence-electron chi connectivity index (χ3n) is 7.78. The zero-order valence-corrected chi connectivity index (χ0v) is 30.1. The predicted octanol–water partition coefficient (Wildman–Crippen LogP) is 6.51. The Labute approximate surface area is 302 Å². The molecule has 0 radical (unpaired) electrons. The number of rotatable bonds is 20. The Balaban J connectivity index is 1.43. The Morgan fingerprint density at radius 2 is 1.04 bits per heavy atom. The summed E-state index contributed by atoms with van der Waals surface area (Å²) in [7, 11) is 1.60. The van der Waals surface area contributed by atoms with E-state index in [9.17, 15) is 14.5 Å². The summed E-state index contributed by atoms with van der Waals surface area (Å²) in [5.41, 5.74) is 2.62. The lowest BCUT2D eigenvalue weighted by atomic mass is 10.1. The number of cyclic esters (lactones) is 1. The van der Waals surface area contributed by atoms with E-state index < -0.39 is 32.6 Å². The third kappa shape index (κ3) is 10.3. The Morgan fingerprint density at radius 3 is 1.44 bits per heavy atom. The first kappa shape index (κ1) is 38.2. The summed E-state index contributed by atoms with van der Waals surface area (Å²) >= 11 is 0. The molecule has 4 aromatic carbocycles. The number of carbonyl (C=O) groups is 1. The van der Waals surface area contributed by atoms with Crippen LogP contribution in [0.2, 0.25) is 0 Å². The number of benzene rings is 4. The maximum Gasteiger partial charge on any atom is 0.475 e. The first-order valence-corrected chi connectivity index (χ1v) is 17.6. The molecule has 1 N–H and O–H groups in total. The van der Waals surface area contributed by atoms with Gasteiger partial charge < -0.3 is 38.3 Å². The molecule has 0 aromatic heterocycles. The highest BCUT2D eigenvalue weighted by atomic mass is 31.2. The van der Waals surface area contributed by atoms with E-state index in [2.05, 4.69) is 0 Å². The second kappa shape index (κ2) is 18.5. The van der Waals surface area contributed by atoms with Gasteiger partial charge in [-0.3, -0.25) is 13.6 Å². The highest BCUT2D eigenvalue weighted by Gasteiger charge is 2.46. The van der Waals surface area contributed by atoms with E-state index in [1.54, 1.807) is 111 Å². The van der Waals surface area contributed by atoms with Gasteiger partial charge >= 0.3 is 13.8 Å². The van der Waals surface area contributed by atoms with E-state index in [4.69, 9.17) is 46.7 Å². The highest BCUT2D eigenvalue weighted by molar-refractivity contribution is 7.48. The van der Waals surface area contributed by atoms with Gasteiger partial charge in [0.25, 0.3) is 0 Å². The van der Waals surface area contributed by atoms with Gasteiger partial charge in [-0.15, -0.1) is 0 Å². The van der Waals surface area contributed by atoms with Crippen molar-refractivity contribution in [2.24, 2.45) is 0 Å². The molecule has 0 saturated carbocycles. The van der Waals surface area contributed by atoms with E-state index in [-0.39, 0.29) is 37.9 Å². The second-order valence-corrected chi connectivity index (χ2v) is 12.9. The average molecular weight is 737 g/mol. The maximum absolute atomic E-state index is 14.4. The quantitative estimate of drug-likeness (QED) is 0.0778. The molecule has 1 aliphatic rings. The van der Waals surface area contributed by atoms with E-state index in [1.807, 2.05) is 0 Å². The first-order chi connectivity index (χ1) is 25.3. The summed E-state index contributed by atoms with van der Waals surface area (Å²) in [5, 5.41) is 10.6. The van der Waals surface area contributed by atoms with Crippen LogP contribution in [-0.4, -0.2) is 58.3 Å². The maximum atomic E-state index is 14.4. The fourth-order valence-electron chi connectivity index (χ4n) is 5.10. The lowest BCUT2D eigenvalue weighted by Gasteiger charge is -2.27. The van der Waals surface area contributed by atoms with Crippen LogP contribution < -0.4 is 18.9 Å². The number of ether oxygens (including phenoxy) is 7. The van der Waals surface area contributed by atoms with Crippen molar-refractivity contribution in [2.75, 3.05) is 35.0 Å². The van der Waals surface area contributed by atoms with Crippen LogP contribution >= 0.6 is 7.82 Å². The second-order valence-electron chi connectivity index (χ2n) is 11.3. The lowest BCUT2D eigenvalue weighted by Crippen LogP contribution is -2.35. The standard InChI is InChI=1S/C38H41O13P/c1-42-30-13-5-9-26(17-30)22-46-36-35(50-38(40)37(36)47-23-27-10-6-14-31(18-27)43-2)34(21-39)51-52(41,48-24-28-11-7-15-32(19-28)44-3)49-25-29-12-8-16-33(20-29)45-4/h5-20,34-35,39H,21-25H2,1-4H3. The normalized spacial score (nSPS) is 14.8. The first-order valence-electron chi connectivity index (χ1n) is 16.2. The van der Waals surface area contributed by atoms with Crippen LogP contribution in [0.15, 0.2) is 109 Å². The van der Waals surface area contributed by atoms with Crippen LogP contribution in [0.5, 0.6) is 23.0 Å². The van der Waals surface area contributed by atoms with E-state index in [1.165, 1.54) is 14.2 Å². The van der Waals surface area contributed by atoms with Crippen molar-refractivity contribution in [3.63, 3.8) is 0 Å². The van der Waals surface area contributed by atoms with Gasteiger partial charge in [0.15, 0.2) is 11.9 Å². The van der Waals surface area contributed by atoms with E-state index in [0.29, 0.717) is 45.3 Å². The molecule has 0 fully saturated rings. The van der Waals surface area contributed by atoms with Gasteiger partial charge in [0.2, 0.25) is 5.76 Å². The van der Waals surface area contributed by atoms with Crippen molar-refractivity contribution in [2.45, 2.75) is 38.6 Å². The largest absolute Gasteiger partial charge is 0.497 e. The third-order valence-corrected chi connectivity index (χ3v) is 9.20. The molecule has 5 rings (SSSR count). The van der Waals surface area contributed by atoms with Crippen LogP contribution in [0.4, 0.5) is 0 Å². The molecule has 0 bridgehead atoms. The number of carbonyl (C=O) groups excluding carboxylic acids is 1. The van der Waals surface area contributed by atoms with E-state index >= 15 is 0 Å². The van der Waals surface area contributed by atoms with Crippen molar-refractivity contribution in [1.82, 2.24) is 0 Å². The molecule has 1 aliphatic heterocycles. The molecule has 14 heteroatoms. The van der Waals surface area contributed by atoms with Crippen LogP contribution in [0.1, 0.15) is 22.3 Å². The molecule has 0 amide bonds. The number of aliphatic hydroxyl groups excluding tert-OH is 1. The fourth-order valence-corrected chi connectivity index (χ4v) is 6.42. The van der Waals surface area contributed by atoms with Crippen molar-refractivity contribution in [3.8, 4) is 23.0 Å². The molecule has 1 heterocycles. The topological polar surface area (TPSA) is 147 Å². The summed E-state index contributed by atoms with van der Waals surface area (Å²) in [6.45, 7) is -1.28. The number of phosphoric ester groups is 1. The van der Waals surface area contributed by atoms with Crippen molar-refractivity contribution in [3.05, 3.63) is 131 Å². The molecule has 4 aromatic rings. The number of aliphatic hydroxyl groups is 1. The Morgan fingerprint density at radius 1 is 0.635 bits per heavy atom. The van der Waals surface area contributed by atoms with Gasteiger partial charge in [0.05, 0.1) is 48.3 Å². The number of esters is 1. The molecule has 0 aliphatic carbocycles. The Kier molecular flexibility index (Phi) is 13.6. The minimum absolute atomic E-state index is 0.0415. The van der Waals surface area contributed by atoms with Gasteiger partial charge in [0, 0.05) is 0 Å². The number of hydrogen-bond donors (Lipinski definition) is 1. The smallest absolute Gasteiger partial charge is 0.475 e. The van der Waals surface area contributed by atoms with Crippen molar-refractivity contribution >= 4 is 13.8 Å². The molecule has 0 saturated heterocycles. The Bertz CT molecular complexity index is 1820. The summed E-state index contributed by atoms with van der Waals surface area (Å²) in [5.74, 6) is 1.11. The van der Waals surface area contributed by atoms with Crippen LogP contribution in [0, 0.1) is 0 Å². The van der Waals surface area contributed by atoms with E-state index in [0.717, 1.165) is 0 Å². The zero-order valence-electron chi connectivity index (χ0n) is 29.2. The minimum atomic E-state index is -4.53. The summed E-state index contributed by atoms with van der Waals surface area (Å²) in [6, 6.07) is 28.1. The summed E-state index contributed by atoms with van der Waals surface area (Å²) < 4.78 is 71.0. The molecule has 52 heavy (non-hydrogen) atoms. The minimum Gasteiger partial charge on any atom is -0.497 e. The fraction of sp³-hybridized carbons (Fsp3) is 0.289. The van der Waals surface area contributed by atoms with Gasteiger partial charge in [-0.1, -0.05) is 48.5 Å². The number of methoxy groups -OCH3 is 4. The highest BCUT2D eigenvalue weighted by Crippen LogP contribution is 2.53. The van der Waals surface area contributed by atoms with Crippen molar-refractivity contribution in [1.29, 1.82) is 0 Å². The molecule has 2 atom stereocenters. The SMILES string of the molecule is COc1cccc(COC2=C(OCc3cccc(OC)c3)C(C(CO)OP(=O)(OCc3cccc(OC)c3)OCc3cccc(OC)c3)OC2=O)c1. The number of hydrogen-bond acceptors (Lipinski definition) is 13. The summed E-state index contributed by atoms with van der Waals surface area (Å²) in [6.07, 6.45) is -2.89. The average Bonchev–Trinajstić information content (AvgIpc) is 3.51. The summed E-state index contributed by atoms with van der Waals surface area (Å²) in [4.78, 5) is 13.4. The van der Waals surface area contributed by atoms with Crippen LogP contribution in [-0.2, 0) is 63.6 Å². The van der Waals surface area contributed by atoms with Crippen molar-refractivity contribution < 1.29 is 61.2 Å². The lowest BCUT2D eigenvalue weighted by molar-refractivity contribution is -0.148. The molecular formula is C38H41O13P. The molecule has 13 nitrogen and oxygen atoms in total. The van der Waals surface area contributed by atoms with Crippen LogP contribution in [0.25, 0.3) is 0 Å². The van der Waals surface area contributed by atoms with Gasteiger partial charge in [-0.25, -0.2) is 9.36 Å². The predicted molar refractivity (Wildman–Crippen MR) is 188 cm³/mol. The van der Waals surface area contributed by atoms with Gasteiger partial charge in [-0.2, -0.15) is 0 Å². The number of phosphoric acid groups is 1. The molecule has 0 spiro atoms.